The lowest BCUT2D eigenvalue weighted by Crippen LogP contribution is -2.24. The summed E-state index contributed by atoms with van der Waals surface area (Å²) in [6.07, 6.45) is 2.16. The first kappa shape index (κ1) is 16.6. The smallest absolute Gasteiger partial charge is 0.255 e. The number of carbonyl (C=O) groups excluding carboxylic acids is 1. The highest BCUT2D eigenvalue weighted by Crippen LogP contribution is 2.26. The lowest BCUT2D eigenvalue weighted by atomic mass is 10.2. The molecule has 1 aliphatic heterocycles. The molecule has 0 aromatic carbocycles. The number of carbonyl (C=O) groups is 1. The van der Waals surface area contributed by atoms with Crippen LogP contribution in [0, 0.1) is 20.8 Å². The van der Waals surface area contributed by atoms with Gasteiger partial charge in [-0.05, 0) is 39.2 Å². The zero-order valence-corrected chi connectivity index (χ0v) is 14.3. The van der Waals surface area contributed by atoms with Gasteiger partial charge in [0.15, 0.2) is 5.82 Å². The van der Waals surface area contributed by atoms with Crippen LogP contribution in [0.4, 0.5) is 0 Å². The van der Waals surface area contributed by atoms with Crippen LogP contribution in [0.1, 0.15) is 54.0 Å². The van der Waals surface area contributed by atoms with Crippen molar-refractivity contribution in [2.24, 2.45) is 0 Å². The second-order valence-corrected chi connectivity index (χ2v) is 6.10. The number of nitrogens with one attached hydrogen (secondary N) is 1. The van der Waals surface area contributed by atoms with E-state index in [0.717, 1.165) is 30.8 Å². The molecule has 0 aliphatic carbocycles. The van der Waals surface area contributed by atoms with Gasteiger partial charge in [-0.25, -0.2) is 0 Å². The highest BCUT2D eigenvalue weighted by molar-refractivity contribution is 5.75. The zero-order valence-electron chi connectivity index (χ0n) is 14.3. The van der Waals surface area contributed by atoms with Gasteiger partial charge in [0.05, 0.1) is 12.2 Å². The Bertz CT molecular complexity index is 715. The lowest BCUT2D eigenvalue weighted by molar-refractivity contribution is -0.121. The summed E-state index contributed by atoms with van der Waals surface area (Å²) in [5.74, 6) is 0.898. The molecule has 1 amide bonds. The van der Waals surface area contributed by atoms with Crippen LogP contribution in [0.2, 0.25) is 0 Å². The van der Waals surface area contributed by atoms with Crippen LogP contribution in [-0.4, -0.2) is 32.4 Å². The van der Waals surface area contributed by atoms with Gasteiger partial charge >= 0.3 is 0 Å². The van der Waals surface area contributed by atoms with Crippen molar-refractivity contribution in [1.82, 2.24) is 25.2 Å². The predicted octanol–water partition coefficient (Wildman–Crippen LogP) is 1.75. The molecule has 3 rings (SSSR count). The second-order valence-electron chi connectivity index (χ2n) is 6.10. The van der Waals surface area contributed by atoms with Crippen LogP contribution < -0.4 is 5.32 Å². The summed E-state index contributed by atoms with van der Waals surface area (Å²) in [6, 6.07) is 0. The SMILES string of the molecule is Cc1nn(CCC(=O)NCc2noc([C@H]3CCCO3)n2)c(C)c1C. The predicted molar refractivity (Wildman–Crippen MR) is 85.1 cm³/mol. The Balaban J connectivity index is 1.46. The van der Waals surface area contributed by atoms with Crippen molar-refractivity contribution in [2.45, 2.75) is 59.2 Å². The van der Waals surface area contributed by atoms with E-state index < -0.39 is 0 Å². The molecule has 0 saturated carbocycles. The maximum Gasteiger partial charge on any atom is 0.255 e. The number of aryl methyl sites for hydroxylation is 2. The van der Waals surface area contributed by atoms with Crippen LogP contribution in [0.3, 0.4) is 0 Å². The number of hydrogen-bond acceptors (Lipinski definition) is 6. The summed E-state index contributed by atoms with van der Waals surface area (Å²) < 4.78 is 12.6. The number of aromatic nitrogens is 4. The molecule has 24 heavy (non-hydrogen) atoms. The topological polar surface area (TPSA) is 95.1 Å². The van der Waals surface area contributed by atoms with E-state index in [2.05, 4.69) is 20.6 Å². The molecule has 1 aliphatic rings. The highest BCUT2D eigenvalue weighted by atomic mass is 16.5. The van der Waals surface area contributed by atoms with Gasteiger partial charge < -0.3 is 14.6 Å². The van der Waals surface area contributed by atoms with Crippen molar-refractivity contribution in [3.05, 3.63) is 28.7 Å². The number of nitrogens with zero attached hydrogens (tertiary/aromatic N) is 4. The second kappa shape index (κ2) is 7.12. The molecule has 2 aromatic rings. The molecule has 1 saturated heterocycles. The summed E-state index contributed by atoms with van der Waals surface area (Å²) in [4.78, 5) is 16.3. The van der Waals surface area contributed by atoms with Crippen molar-refractivity contribution in [2.75, 3.05) is 6.61 Å². The molecule has 0 unspecified atom stereocenters. The van der Waals surface area contributed by atoms with Crippen molar-refractivity contribution in [1.29, 1.82) is 0 Å². The number of amides is 1. The van der Waals surface area contributed by atoms with Crippen LogP contribution in [0.5, 0.6) is 0 Å². The Hall–Kier alpha value is -2.22. The zero-order chi connectivity index (χ0) is 17.1. The third-order valence-corrected chi connectivity index (χ3v) is 4.43. The fourth-order valence-electron chi connectivity index (χ4n) is 2.72. The molecule has 2 aromatic heterocycles. The van der Waals surface area contributed by atoms with Crippen molar-refractivity contribution < 1.29 is 14.1 Å². The minimum Gasteiger partial charge on any atom is -0.368 e. The number of hydrogen-bond donors (Lipinski definition) is 1. The van der Waals surface area contributed by atoms with Gasteiger partial charge in [0.2, 0.25) is 5.91 Å². The Kier molecular flexibility index (Phi) is 4.94. The molecule has 1 fully saturated rings. The molecule has 0 radical (unpaired) electrons. The molecule has 1 atom stereocenters. The van der Waals surface area contributed by atoms with Gasteiger partial charge in [-0.2, -0.15) is 10.1 Å². The highest BCUT2D eigenvalue weighted by Gasteiger charge is 2.23. The van der Waals surface area contributed by atoms with Gasteiger partial charge in [0, 0.05) is 25.3 Å². The van der Waals surface area contributed by atoms with Crippen molar-refractivity contribution >= 4 is 5.91 Å². The Morgan fingerprint density at radius 1 is 1.38 bits per heavy atom. The lowest BCUT2D eigenvalue weighted by Gasteiger charge is -2.05. The number of rotatable bonds is 6. The van der Waals surface area contributed by atoms with E-state index in [1.54, 1.807) is 0 Å². The van der Waals surface area contributed by atoms with Gasteiger partial charge in [0.1, 0.15) is 6.10 Å². The van der Waals surface area contributed by atoms with E-state index in [9.17, 15) is 4.79 Å². The standard InChI is InChI=1S/C16H23N5O3/c1-10-11(2)19-21(12(10)3)7-6-15(22)17-9-14-18-16(24-20-14)13-5-4-8-23-13/h13H,4-9H2,1-3H3,(H,17,22)/t13-/m1/s1. The third kappa shape index (κ3) is 3.64. The molecule has 0 spiro atoms. The molecule has 8 heteroatoms. The maximum atomic E-state index is 12.0. The Morgan fingerprint density at radius 2 is 2.21 bits per heavy atom. The first-order chi connectivity index (χ1) is 11.5. The fourth-order valence-corrected chi connectivity index (χ4v) is 2.72. The summed E-state index contributed by atoms with van der Waals surface area (Å²) in [6.45, 7) is 7.56. The van der Waals surface area contributed by atoms with E-state index in [-0.39, 0.29) is 18.6 Å². The van der Waals surface area contributed by atoms with E-state index in [4.69, 9.17) is 9.26 Å². The molecule has 0 bridgehead atoms. The Morgan fingerprint density at radius 3 is 2.88 bits per heavy atom. The Labute approximate surface area is 140 Å². The van der Waals surface area contributed by atoms with Crippen LogP contribution in [0.25, 0.3) is 0 Å². The fraction of sp³-hybridized carbons (Fsp3) is 0.625. The monoisotopic (exact) mass is 333 g/mol. The van der Waals surface area contributed by atoms with E-state index >= 15 is 0 Å². The van der Waals surface area contributed by atoms with Crippen molar-refractivity contribution in [3.63, 3.8) is 0 Å². The summed E-state index contributed by atoms with van der Waals surface area (Å²) in [5.41, 5.74) is 3.27. The van der Waals surface area contributed by atoms with E-state index in [1.807, 2.05) is 25.5 Å². The van der Waals surface area contributed by atoms with Gasteiger partial charge in [0.25, 0.3) is 5.89 Å². The molecule has 8 nitrogen and oxygen atoms in total. The summed E-state index contributed by atoms with van der Waals surface area (Å²) >= 11 is 0. The van der Waals surface area contributed by atoms with Gasteiger partial charge in [-0.3, -0.25) is 9.48 Å². The van der Waals surface area contributed by atoms with E-state index in [1.165, 1.54) is 5.56 Å². The average Bonchev–Trinajstić information content (AvgIpc) is 3.29. The summed E-state index contributed by atoms with van der Waals surface area (Å²) in [5, 5.41) is 11.1. The normalized spacial score (nSPS) is 17.4. The summed E-state index contributed by atoms with van der Waals surface area (Å²) in [7, 11) is 0. The van der Waals surface area contributed by atoms with Crippen LogP contribution in [0.15, 0.2) is 4.52 Å². The van der Waals surface area contributed by atoms with Gasteiger partial charge in [-0.15, -0.1) is 0 Å². The molecule has 3 heterocycles. The minimum absolute atomic E-state index is 0.0660. The molecular formula is C16H23N5O3. The first-order valence-electron chi connectivity index (χ1n) is 8.26. The van der Waals surface area contributed by atoms with Gasteiger partial charge in [-0.1, -0.05) is 5.16 Å². The maximum absolute atomic E-state index is 12.0. The average molecular weight is 333 g/mol. The number of ether oxygens (including phenoxy) is 1. The molecular weight excluding hydrogens is 310 g/mol. The largest absolute Gasteiger partial charge is 0.368 e. The van der Waals surface area contributed by atoms with Crippen LogP contribution in [-0.2, 0) is 22.6 Å². The molecule has 130 valence electrons. The van der Waals surface area contributed by atoms with Crippen LogP contribution >= 0.6 is 0 Å². The first-order valence-corrected chi connectivity index (χ1v) is 8.26. The van der Waals surface area contributed by atoms with Crippen molar-refractivity contribution in [3.8, 4) is 0 Å². The molecule has 1 N–H and O–H groups in total. The third-order valence-electron chi connectivity index (χ3n) is 4.43. The minimum atomic E-state index is -0.101. The quantitative estimate of drug-likeness (QED) is 0.865. The van der Waals surface area contributed by atoms with E-state index in [0.29, 0.717) is 24.7 Å².